The Morgan fingerprint density at radius 2 is 2.25 bits per heavy atom. The van der Waals surface area contributed by atoms with Crippen LogP contribution < -0.4 is 5.32 Å². The molecule has 2 atom stereocenters. The van der Waals surface area contributed by atoms with E-state index < -0.39 is 0 Å². The van der Waals surface area contributed by atoms with Crippen molar-refractivity contribution in [2.45, 2.75) is 39.5 Å². The fourth-order valence-corrected chi connectivity index (χ4v) is 2.84. The molecule has 1 saturated carbocycles. The Labute approximate surface area is 120 Å². The van der Waals surface area contributed by atoms with Crippen molar-refractivity contribution in [3.05, 3.63) is 23.9 Å². The molecule has 0 aliphatic heterocycles. The van der Waals surface area contributed by atoms with Gasteiger partial charge in [0.25, 0.3) is 0 Å². The van der Waals surface area contributed by atoms with Crippen LogP contribution in [0.15, 0.2) is 18.3 Å². The van der Waals surface area contributed by atoms with E-state index in [1.807, 2.05) is 6.92 Å². The zero-order valence-electron chi connectivity index (χ0n) is 12.4. The molecule has 1 aromatic rings. The van der Waals surface area contributed by atoms with E-state index in [0.717, 1.165) is 12.5 Å². The Kier molecular flexibility index (Phi) is 5.39. The molecule has 1 aliphatic carbocycles. The van der Waals surface area contributed by atoms with Gasteiger partial charge < -0.3 is 10.1 Å². The summed E-state index contributed by atoms with van der Waals surface area (Å²) in [5, 5.41) is 3.34. The van der Waals surface area contributed by atoms with Gasteiger partial charge in [-0.2, -0.15) is 0 Å². The number of rotatable bonds is 5. The molecule has 1 N–H and O–H groups in total. The van der Waals surface area contributed by atoms with Gasteiger partial charge in [0.2, 0.25) is 0 Å². The van der Waals surface area contributed by atoms with Gasteiger partial charge in [-0.05, 0) is 37.3 Å². The Morgan fingerprint density at radius 1 is 1.45 bits per heavy atom. The number of pyridine rings is 1. The Balaban J connectivity index is 2.00. The molecule has 0 radical (unpaired) electrons. The van der Waals surface area contributed by atoms with Crippen LogP contribution in [0.1, 0.15) is 49.9 Å². The van der Waals surface area contributed by atoms with Crippen molar-refractivity contribution in [3.63, 3.8) is 0 Å². The third-order valence-electron chi connectivity index (χ3n) is 4.12. The van der Waals surface area contributed by atoms with Crippen molar-refractivity contribution in [3.8, 4) is 0 Å². The molecule has 4 nitrogen and oxygen atoms in total. The van der Waals surface area contributed by atoms with E-state index in [9.17, 15) is 4.79 Å². The molecule has 1 aromatic heterocycles. The summed E-state index contributed by atoms with van der Waals surface area (Å²) in [4.78, 5) is 16.2. The minimum absolute atomic E-state index is 0.306. The molecular weight excluding hydrogens is 252 g/mol. The van der Waals surface area contributed by atoms with Crippen LogP contribution in [0.5, 0.6) is 0 Å². The maximum Gasteiger partial charge on any atom is 0.341 e. The first kappa shape index (κ1) is 14.8. The zero-order chi connectivity index (χ0) is 14.4. The highest BCUT2D eigenvalue weighted by Crippen LogP contribution is 2.29. The average Bonchev–Trinajstić information content (AvgIpc) is 2.47. The molecular formula is C16H24N2O2. The van der Waals surface area contributed by atoms with E-state index in [-0.39, 0.29) is 5.97 Å². The van der Waals surface area contributed by atoms with E-state index in [2.05, 4.69) is 17.2 Å². The normalized spacial score (nSPS) is 22.3. The molecule has 0 amide bonds. The number of aromatic nitrogens is 1. The van der Waals surface area contributed by atoms with Crippen molar-refractivity contribution in [1.82, 2.24) is 4.98 Å². The first-order chi connectivity index (χ1) is 9.72. The summed E-state index contributed by atoms with van der Waals surface area (Å²) in [6, 6.07) is 3.53. The van der Waals surface area contributed by atoms with Crippen molar-refractivity contribution in [2.75, 3.05) is 18.5 Å². The highest BCUT2D eigenvalue weighted by Gasteiger charge is 2.22. The predicted molar refractivity (Wildman–Crippen MR) is 79.8 cm³/mol. The minimum Gasteiger partial charge on any atom is -0.462 e. The van der Waals surface area contributed by atoms with Gasteiger partial charge in [-0.3, -0.25) is 0 Å². The molecule has 2 unspecified atom stereocenters. The van der Waals surface area contributed by atoms with Gasteiger partial charge in [-0.1, -0.05) is 26.2 Å². The number of carbonyl (C=O) groups is 1. The molecule has 0 spiro atoms. The van der Waals surface area contributed by atoms with Gasteiger partial charge >= 0.3 is 5.97 Å². The summed E-state index contributed by atoms with van der Waals surface area (Å²) >= 11 is 0. The zero-order valence-corrected chi connectivity index (χ0v) is 12.4. The number of esters is 1. The van der Waals surface area contributed by atoms with Gasteiger partial charge in [0, 0.05) is 12.7 Å². The second kappa shape index (κ2) is 7.27. The molecule has 20 heavy (non-hydrogen) atoms. The monoisotopic (exact) mass is 276 g/mol. The van der Waals surface area contributed by atoms with Crippen LogP contribution in [0.2, 0.25) is 0 Å². The average molecular weight is 276 g/mol. The lowest BCUT2D eigenvalue weighted by Crippen LogP contribution is -2.25. The number of ether oxygens (including phenoxy) is 1. The van der Waals surface area contributed by atoms with Crippen molar-refractivity contribution in [1.29, 1.82) is 0 Å². The SMILES string of the molecule is CCOC(=O)c1cccnc1NCC1CCCCC1C. The van der Waals surface area contributed by atoms with Crippen LogP contribution in [0, 0.1) is 11.8 Å². The van der Waals surface area contributed by atoms with Crippen LogP contribution in [-0.2, 0) is 4.74 Å². The maximum absolute atomic E-state index is 11.9. The summed E-state index contributed by atoms with van der Waals surface area (Å²) in [7, 11) is 0. The largest absolute Gasteiger partial charge is 0.462 e. The number of anilines is 1. The standard InChI is InChI=1S/C16H24N2O2/c1-3-20-16(19)14-9-6-10-17-15(14)18-11-13-8-5-4-7-12(13)2/h6,9-10,12-13H,3-5,7-8,11H2,1-2H3,(H,17,18). The molecule has 2 rings (SSSR count). The molecule has 1 aliphatic rings. The van der Waals surface area contributed by atoms with Crippen LogP contribution in [0.25, 0.3) is 0 Å². The quantitative estimate of drug-likeness (QED) is 0.836. The molecule has 1 fully saturated rings. The van der Waals surface area contributed by atoms with Crippen LogP contribution in [0.4, 0.5) is 5.82 Å². The first-order valence-corrected chi connectivity index (χ1v) is 7.58. The van der Waals surface area contributed by atoms with Crippen molar-refractivity contribution < 1.29 is 9.53 Å². The van der Waals surface area contributed by atoms with Crippen LogP contribution in [0.3, 0.4) is 0 Å². The Bertz CT molecular complexity index is 448. The number of nitrogens with zero attached hydrogens (tertiary/aromatic N) is 1. The fraction of sp³-hybridized carbons (Fsp3) is 0.625. The molecule has 4 heteroatoms. The molecule has 110 valence electrons. The topological polar surface area (TPSA) is 51.2 Å². The van der Waals surface area contributed by atoms with Crippen LogP contribution >= 0.6 is 0 Å². The fourth-order valence-electron chi connectivity index (χ4n) is 2.84. The first-order valence-electron chi connectivity index (χ1n) is 7.58. The van der Waals surface area contributed by atoms with E-state index in [1.165, 1.54) is 25.7 Å². The number of hydrogen-bond donors (Lipinski definition) is 1. The van der Waals surface area contributed by atoms with E-state index in [1.54, 1.807) is 18.3 Å². The van der Waals surface area contributed by atoms with Crippen molar-refractivity contribution in [2.24, 2.45) is 11.8 Å². The molecule has 0 saturated heterocycles. The smallest absolute Gasteiger partial charge is 0.341 e. The lowest BCUT2D eigenvalue weighted by atomic mass is 9.80. The molecule has 1 heterocycles. The lowest BCUT2D eigenvalue weighted by Gasteiger charge is -2.29. The van der Waals surface area contributed by atoms with E-state index in [4.69, 9.17) is 4.74 Å². The highest BCUT2D eigenvalue weighted by atomic mass is 16.5. The van der Waals surface area contributed by atoms with Gasteiger partial charge in [-0.15, -0.1) is 0 Å². The van der Waals surface area contributed by atoms with Gasteiger partial charge in [0.05, 0.1) is 6.61 Å². The minimum atomic E-state index is -0.306. The summed E-state index contributed by atoms with van der Waals surface area (Å²) in [5.74, 6) is 1.75. The highest BCUT2D eigenvalue weighted by molar-refractivity contribution is 5.94. The van der Waals surface area contributed by atoms with E-state index >= 15 is 0 Å². The molecule has 0 aromatic carbocycles. The number of hydrogen-bond acceptors (Lipinski definition) is 4. The van der Waals surface area contributed by atoms with Gasteiger partial charge in [-0.25, -0.2) is 9.78 Å². The van der Waals surface area contributed by atoms with E-state index in [0.29, 0.717) is 23.9 Å². The summed E-state index contributed by atoms with van der Waals surface area (Å²) in [6.45, 7) is 5.39. The Morgan fingerprint density at radius 3 is 3.00 bits per heavy atom. The Hall–Kier alpha value is -1.58. The number of nitrogens with one attached hydrogen (secondary N) is 1. The second-order valence-electron chi connectivity index (χ2n) is 5.52. The summed E-state index contributed by atoms with van der Waals surface area (Å²) < 4.78 is 5.06. The van der Waals surface area contributed by atoms with Gasteiger partial charge in [0.15, 0.2) is 0 Å². The summed E-state index contributed by atoms with van der Waals surface area (Å²) in [6.07, 6.45) is 6.92. The lowest BCUT2D eigenvalue weighted by molar-refractivity contribution is 0.0527. The van der Waals surface area contributed by atoms with Gasteiger partial charge in [0.1, 0.15) is 11.4 Å². The summed E-state index contributed by atoms with van der Waals surface area (Å²) in [5.41, 5.74) is 0.526. The number of carbonyl (C=O) groups excluding carboxylic acids is 1. The maximum atomic E-state index is 11.9. The van der Waals surface area contributed by atoms with Crippen molar-refractivity contribution >= 4 is 11.8 Å². The second-order valence-corrected chi connectivity index (χ2v) is 5.52. The molecule has 0 bridgehead atoms. The van der Waals surface area contributed by atoms with Crippen LogP contribution in [-0.4, -0.2) is 24.1 Å². The predicted octanol–water partition coefficient (Wildman–Crippen LogP) is 3.50. The third kappa shape index (κ3) is 3.71. The third-order valence-corrected chi connectivity index (χ3v) is 4.12.